The van der Waals surface area contributed by atoms with Crippen molar-refractivity contribution in [2.75, 3.05) is 12.4 Å². The lowest BCUT2D eigenvalue weighted by Crippen LogP contribution is -2.52. The fourth-order valence-electron chi connectivity index (χ4n) is 4.09. The molecule has 2 aliphatic heterocycles. The average Bonchev–Trinajstić information content (AvgIpc) is 2.83. The van der Waals surface area contributed by atoms with E-state index in [4.69, 9.17) is 0 Å². The summed E-state index contributed by atoms with van der Waals surface area (Å²) in [6.45, 7) is 0. The Morgan fingerprint density at radius 3 is 2.67 bits per heavy atom. The van der Waals surface area contributed by atoms with E-state index in [9.17, 15) is 0 Å². The summed E-state index contributed by atoms with van der Waals surface area (Å²) in [6, 6.07) is 4.02. The minimum atomic E-state index is 0.525. The van der Waals surface area contributed by atoms with Crippen molar-refractivity contribution in [3.05, 3.63) is 18.6 Å². The third-order valence-corrected chi connectivity index (χ3v) is 5.32. The quantitative estimate of drug-likeness (QED) is 0.920. The Hall–Kier alpha value is -1.62. The molecular formula is C16H23N5. The summed E-state index contributed by atoms with van der Waals surface area (Å²) in [5.41, 5.74) is 2.13. The number of anilines is 1. The van der Waals surface area contributed by atoms with Crippen LogP contribution in [0.4, 0.5) is 5.82 Å². The molecule has 5 heteroatoms. The monoisotopic (exact) mass is 285 g/mol. The van der Waals surface area contributed by atoms with Gasteiger partial charge in [-0.15, -0.1) is 0 Å². The molecule has 0 spiro atoms. The predicted molar refractivity (Wildman–Crippen MR) is 84.3 cm³/mol. The number of rotatable bonds is 2. The third kappa shape index (κ3) is 2.20. The van der Waals surface area contributed by atoms with Gasteiger partial charge in [-0.3, -0.25) is 0 Å². The van der Waals surface area contributed by atoms with Crippen LogP contribution in [0, 0.1) is 0 Å². The zero-order valence-electron chi connectivity index (χ0n) is 12.8. The highest BCUT2D eigenvalue weighted by Crippen LogP contribution is 2.34. The van der Waals surface area contributed by atoms with Crippen molar-refractivity contribution in [1.29, 1.82) is 0 Å². The minimum absolute atomic E-state index is 0.525. The van der Waals surface area contributed by atoms with Crippen LogP contribution < -0.4 is 5.32 Å². The van der Waals surface area contributed by atoms with Gasteiger partial charge in [0.15, 0.2) is 5.82 Å². The number of imidazole rings is 1. The van der Waals surface area contributed by atoms with Gasteiger partial charge in [0.25, 0.3) is 0 Å². The molecule has 2 unspecified atom stereocenters. The van der Waals surface area contributed by atoms with E-state index in [1.54, 1.807) is 0 Å². The second kappa shape index (κ2) is 4.98. The van der Waals surface area contributed by atoms with Crippen LogP contribution in [0.5, 0.6) is 0 Å². The van der Waals surface area contributed by atoms with Gasteiger partial charge < -0.3 is 14.8 Å². The molecule has 2 atom stereocenters. The van der Waals surface area contributed by atoms with E-state index < -0.39 is 0 Å². The van der Waals surface area contributed by atoms with Crippen LogP contribution in [0.2, 0.25) is 0 Å². The van der Waals surface area contributed by atoms with Crippen molar-refractivity contribution in [3.63, 3.8) is 0 Å². The summed E-state index contributed by atoms with van der Waals surface area (Å²) < 4.78 is 2.05. The highest BCUT2D eigenvalue weighted by atomic mass is 15.2. The smallest absolute Gasteiger partial charge is 0.154 e. The lowest BCUT2D eigenvalue weighted by atomic mass is 9.82. The summed E-state index contributed by atoms with van der Waals surface area (Å²) in [5.74, 6) is 0.945. The SMILES string of the molecule is CN1C2CCCC1CC(Nc1nccc3c1ncn3C)C2. The molecule has 0 radical (unpaired) electrons. The Bertz CT molecular complexity index is 635. The van der Waals surface area contributed by atoms with Crippen molar-refractivity contribution in [2.24, 2.45) is 7.05 Å². The Balaban J connectivity index is 1.58. The maximum atomic E-state index is 4.53. The van der Waals surface area contributed by atoms with Gasteiger partial charge in [0, 0.05) is 31.4 Å². The van der Waals surface area contributed by atoms with Crippen molar-refractivity contribution in [3.8, 4) is 0 Å². The van der Waals surface area contributed by atoms with Crippen LogP contribution >= 0.6 is 0 Å². The molecule has 2 fully saturated rings. The van der Waals surface area contributed by atoms with E-state index in [-0.39, 0.29) is 0 Å². The molecular weight excluding hydrogens is 262 g/mol. The van der Waals surface area contributed by atoms with Crippen LogP contribution in [0.3, 0.4) is 0 Å². The number of aromatic nitrogens is 3. The van der Waals surface area contributed by atoms with Crippen LogP contribution in [-0.2, 0) is 7.05 Å². The molecule has 2 aliphatic rings. The number of fused-ring (bicyclic) bond motifs is 3. The number of pyridine rings is 1. The number of hydrogen-bond acceptors (Lipinski definition) is 4. The summed E-state index contributed by atoms with van der Waals surface area (Å²) in [4.78, 5) is 11.6. The largest absolute Gasteiger partial charge is 0.365 e. The number of piperidine rings is 2. The minimum Gasteiger partial charge on any atom is -0.365 e. The van der Waals surface area contributed by atoms with E-state index in [0.717, 1.165) is 28.9 Å². The maximum absolute atomic E-state index is 4.53. The second-order valence-corrected chi connectivity index (χ2v) is 6.60. The van der Waals surface area contributed by atoms with Gasteiger partial charge in [0.05, 0.1) is 11.8 Å². The van der Waals surface area contributed by atoms with Crippen molar-refractivity contribution >= 4 is 16.9 Å². The van der Waals surface area contributed by atoms with Gasteiger partial charge in [-0.05, 0) is 38.8 Å². The molecule has 0 saturated carbocycles. The van der Waals surface area contributed by atoms with Gasteiger partial charge in [-0.25, -0.2) is 9.97 Å². The zero-order valence-corrected chi connectivity index (χ0v) is 12.8. The summed E-state index contributed by atoms with van der Waals surface area (Å²) >= 11 is 0. The molecule has 5 nitrogen and oxygen atoms in total. The first-order valence-electron chi connectivity index (χ1n) is 7.97. The molecule has 4 rings (SSSR count). The summed E-state index contributed by atoms with van der Waals surface area (Å²) in [5, 5.41) is 3.67. The van der Waals surface area contributed by atoms with Gasteiger partial charge in [0.1, 0.15) is 5.52 Å². The highest BCUT2D eigenvalue weighted by Gasteiger charge is 2.36. The van der Waals surface area contributed by atoms with E-state index in [0.29, 0.717) is 6.04 Å². The normalized spacial score (nSPS) is 29.7. The first kappa shape index (κ1) is 13.1. The molecule has 2 bridgehead atoms. The highest BCUT2D eigenvalue weighted by molar-refractivity contribution is 5.85. The number of nitrogens with zero attached hydrogens (tertiary/aromatic N) is 4. The Labute approximate surface area is 125 Å². The number of hydrogen-bond donors (Lipinski definition) is 1. The molecule has 21 heavy (non-hydrogen) atoms. The molecule has 2 aromatic heterocycles. The molecule has 0 amide bonds. The number of nitrogens with one attached hydrogen (secondary N) is 1. The van der Waals surface area contributed by atoms with Crippen molar-refractivity contribution < 1.29 is 0 Å². The first-order chi connectivity index (χ1) is 10.2. The van der Waals surface area contributed by atoms with Gasteiger partial charge in [-0.2, -0.15) is 0 Å². The molecule has 2 saturated heterocycles. The van der Waals surface area contributed by atoms with Crippen molar-refractivity contribution in [1.82, 2.24) is 19.4 Å². The van der Waals surface area contributed by atoms with Crippen LogP contribution in [0.15, 0.2) is 18.6 Å². The number of aryl methyl sites for hydroxylation is 1. The fourth-order valence-corrected chi connectivity index (χ4v) is 4.09. The van der Waals surface area contributed by atoms with Gasteiger partial charge in [-0.1, -0.05) is 6.42 Å². The topological polar surface area (TPSA) is 46.0 Å². The van der Waals surface area contributed by atoms with E-state index in [2.05, 4.69) is 27.2 Å². The fraction of sp³-hybridized carbons (Fsp3) is 0.625. The van der Waals surface area contributed by atoms with Crippen LogP contribution in [0.1, 0.15) is 32.1 Å². The van der Waals surface area contributed by atoms with Crippen LogP contribution in [-0.4, -0.2) is 44.6 Å². The Morgan fingerprint density at radius 2 is 1.90 bits per heavy atom. The molecule has 0 aromatic carbocycles. The van der Waals surface area contributed by atoms with Gasteiger partial charge in [0.2, 0.25) is 0 Å². The second-order valence-electron chi connectivity index (χ2n) is 6.60. The molecule has 4 heterocycles. The molecule has 0 aliphatic carbocycles. The molecule has 1 N–H and O–H groups in total. The van der Waals surface area contributed by atoms with E-state index in [1.807, 2.05) is 30.2 Å². The predicted octanol–water partition coefficient (Wildman–Crippen LogP) is 2.40. The van der Waals surface area contributed by atoms with E-state index >= 15 is 0 Å². The van der Waals surface area contributed by atoms with Crippen LogP contribution in [0.25, 0.3) is 11.0 Å². The maximum Gasteiger partial charge on any atom is 0.154 e. The zero-order chi connectivity index (χ0) is 14.4. The summed E-state index contributed by atoms with van der Waals surface area (Å²) in [7, 11) is 4.32. The Kier molecular flexibility index (Phi) is 3.10. The van der Waals surface area contributed by atoms with Gasteiger partial charge >= 0.3 is 0 Å². The standard InChI is InChI=1S/C16H23N5/c1-20-10-18-15-14(20)6-7-17-16(15)19-11-8-12-4-3-5-13(9-11)21(12)2/h6-7,10-13H,3-5,8-9H2,1-2H3,(H,17,19). The van der Waals surface area contributed by atoms with Crippen molar-refractivity contribution in [2.45, 2.75) is 50.2 Å². The lowest BCUT2D eigenvalue weighted by molar-refractivity contribution is 0.0608. The third-order valence-electron chi connectivity index (χ3n) is 5.32. The van der Waals surface area contributed by atoms with E-state index in [1.165, 1.54) is 32.1 Å². The molecule has 112 valence electrons. The lowest BCUT2D eigenvalue weighted by Gasteiger charge is -2.47. The average molecular weight is 285 g/mol. The first-order valence-corrected chi connectivity index (χ1v) is 7.97. The molecule has 2 aromatic rings. The Morgan fingerprint density at radius 1 is 1.14 bits per heavy atom. The summed E-state index contributed by atoms with van der Waals surface area (Å²) in [6.07, 6.45) is 10.2.